The Morgan fingerprint density at radius 3 is 2.17 bits per heavy atom. The minimum absolute atomic E-state index is 0.000120. The van der Waals surface area contributed by atoms with Gasteiger partial charge in [-0.3, -0.25) is 0 Å². The molecule has 1 aromatic carbocycles. The quantitative estimate of drug-likeness (QED) is 0.533. The summed E-state index contributed by atoms with van der Waals surface area (Å²) in [4.78, 5) is 4.60. The zero-order valence-corrected chi connectivity index (χ0v) is 14.9. The molecule has 2 saturated carbocycles. The van der Waals surface area contributed by atoms with Crippen LogP contribution < -0.4 is 10.7 Å². The third-order valence-corrected chi connectivity index (χ3v) is 6.58. The molecule has 0 amide bonds. The van der Waals surface area contributed by atoms with E-state index in [1.54, 1.807) is 12.1 Å². The third-order valence-electron chi connectivity index (χ3n) is 6.23. The normalized spacial score (nSPS) is 30.8. The van der Waals surface area contributed by atoms with Crippen molar-refractivity contribution in [3.05, 3.63) is 41.2 Å². The second-order valence-corrected chi connectivity index (χ2v) is 7.80. The topological polar surface area (TPSA) is 35.2 Å². The summed E-state index contributed by atoms with van der Waals surface area (Å²) in [5, 5.41) is -0.000120. The first-order valence-electron chi connectivity index (χ1n) is 9.11. The van der Waals surface area contributed by atoms with Gasteiger partial charge in [0, 0.05) is 0 Å². The molecule has 0 heterocycles. The molecule has 2 fully saturated rings. The molecular weight excluding hydrogens is 325 g/mol. The van der Waals surface area contributed by atoms with Crippen LogP contribution in [0, 0.1) is 23.6 Å². The standard InChI is InChI=1S/C20H27ClFNO/c1-2-13-3-5-14(6-4-13)15-7-9-16(10-8-15)17-11-12-18(24-23)19(21)20(17)22/h2,11-16H,1,3-10,23H2. The largest absolute Gasteiger partial charge is 0.410 e. The minimum Gasteiger partial charge on any atom is -0.410 e. The number of hydrogen-bond acceptors (Lipinski definition) is 2. The van der Waals surface area contributed by atoms with Crippen LogP contribution >= 0.6 is 11.6 Å². The molecule has 0 bridgehead atoms. The molecule has 0 aromatic heterocycles. The molecule has 2 aliphatic carbocycles. The first-order chi connectivity index (χ1) is 11.6. The van der Waals surface area contributed by atoms with Crippen molar-refractivity contribution in [1.82, 2.24) is 0 Å². The highest BCUT2D eigenvalue weighted by Gasteiger charge is 2.32. The number of hydrogen-bond donors (Lipinski definition) is 1. The fourth-order valence-corrected chi connectivity index (χ4v) is 4.92. The first-order valence-corrected chi connectivity index (χ1v) is 9.49. The molecule has 24 heavy (non-hydrogen) atoms. The fourth-order valence-electron chi connectivity index (χ4n) is 4.71. The molecule has 0 aliphatic heterocycles. The Kier molecular flexibility index (Phi) is 5.83. The lowest BCUT2D eigenvalue weighted by Gasteiger charge is -2.37. The van der Waals surface area contributed by atoms with E-state index < -0.39 is 0 Å². The predicted octanol–water partition coefficient (Wildman–Crippen LogP) is 6.00. The second-order valence-electron chi connectivity index (χ2n) is 7.42. The van der Waals surface area contributed by atoms with Crippen molar-refractivity contribution in [2.24, 2.45) is 23.7 Å². The van der Waals surface area contributed by atoms with Crippen LogP contribution in [-0.2, 0) is 0 Å². The minimum atomic E-state index is -0.366. The molecular formula is C20H27ClFNO. The van der Waals surface area contributed by atoms with Gasteiger partial charge >= 0.3 is 0 Å². The van der Waals surface area contributed by atoms with Crippen molar-refractivity contribution in [3.8, 4) is 5.75 Å². The molecule has 3 rings (SSSR count). The van der Waals surface area contributed by atoms with Crippen LogP contribution in [0.3, 0.4) is 0 Å². The summed E-state index contributed by atoms with van der Waals surface area (Å²) in [7, 11) is 0. The highest BCUT2D eigenvalue weighted by Crippen LogP contribution is 2.45. The number of nitrogens with two attached hydrogens (primary N) is 1. The zero-order chi connectivity index (χ0) is 17.1. The van der Waals surface area contributed by atoms with Gasteiger partial charge in [0.2, 0.25) is 0 Å². The number of benzene rings is 1. The van der Waals surface area contributed by atoms with E-state index in [9.17, 15) is 4.39 Å². The van der Waals surface area contributed by atoms with Gasteiger partial charge in [0.1, 0.15) is 10.8 Å². The summed E-state index contributed by atoms with van der Waals surface area (Å²) in [5.41, 5.74) is 0.717. The highest BCUT2D eigenvalue weighted by molar-refractivity contribution is 6.32. The van der Waals surface area contributed by atoms with Gasteiger partial charge in [0.25, 0.3) is 0 Å². The summed E-state index contributed by atoms with van der Waals surface area (Å²) in [5.74, 6) is 7.58. The van der Waals surface area contributed by atoms with Gasteiger partial charge in [0.15, 0.2) is 5.75 Å². The summed E-state index contributed by atoms with van der Waals surface area (Å²) in [6.07, 6.45) is 11.8. The van der Waals surface area contributed by atoms with E-state index in [0.29, 0.717) is 0 Å². The average Bonchev–Trinajstić information content (AvgIpc) is 2.64. The van der Waals surface area contributed by atoms with Gasteiger partial charge in [-0.25, -0.2) is 4.39 Å². The Hall–Kier alpha value is -1.06. The maximum absolute atomic E-state index is 14.5. The maximum atomic E-state index is 14.5. The van der Waals surface area contributed by atoms with Gasteiger partial charge in [-0.2, -0.15) is 5.90 Å². The summed E-state index contributed by atoms with van der Waals surface area (Å²) in [6.45, 7) is 3.93. The van der Waals surface area contributed by atoms with Crippen molar-refractivity contribution in [1.29, 1.82) is 0 Å². The molecule has 0 spiro atoms. The van der Waals surface area contributed by atoms with E-state index in [4.69, 9.17) is 17.5 Å². The van der Waals surface area contributed by atoms with Crippen LogP contribution in [0.4, 0.5) is 4.39 Å². The molecule has 2 N–H and O–H groups in total. The van der Waals surface area contributed by atoms with Gasteiger partial charge < -0.3 is 4.84 Å². The van der Waals surface area contributed by atoms with Crippen LogP contribution in [0.2, 0.25) is 5.02 Å². The van der Waals surface area contributed by atoms with E-state index in [1.807, 2.05) is 0 Å². The molecule has 0 unspecified atom stereocenters. The van der Waals surface area contributed by atoms with E-state index in [1.165, 1.54) is 38.5 Å². The van der Waals surface area contributed by atoms with Crippen molar-refractivity contribution in [2.75, 3.05) is 0 Å². The molecule has 2 aliphatic rings. The summed E-state index contributed by atoms with van der Waals surface area (Å²) >= 11 is 6.01. The molecule has 1 aromatic rings. The Labute approximate surface area is 149 Å². The lowest BCUT2D eigenvalue weighted by Crippen LogP contribution is -2.25. The highest BCUT2D eigenvalue weighted by atomic mass is 35.5. The average molecular weight is 352 g/mol. The van der Waals surface area contributed by atoms with Crippen molar-refractivity contribution < 1.29 is 9.23 Å². The Bertz CT molecular complexity index is 575. The number of allylic oxidation sites excluding steroid dienone is 1. The molecule has 0 atom stereocenters. The number of rotatable bonds is 4. The van der Waals surface area contributed by atoms with Crippen molar-refractivity contribution in [2.45, 2.75) is 57.3 Å². The Morgan fingerprint density at radius 2 is 1.62 bits per heavy atom. The first kappa shape index (κ1) is 17.8. The molecule has 0 saturated heterocycles. The van der Waals surface area contributed by atoms with Crippen molar-refractivity contribution >= 4 is 11.6 Å². The van der Waals surface area contributed by atoms with Gasteiger partial charge in [0.05, 0.1) is 0 Å². The van der Waals surface area contributed by atoms with Crippen molar-refractivity contribution in [3.63, 3.8) is 0 Å². The van der Waals surface area contributed by atoms with Gasteiger partial charge in [-0.15, -0.1) is 6.58 Å². The fraction of sp³-hybridized carbons (Fsp3) is 0.600. The van der Waals surface area contributed by atoms with E-state index in [-0.39, 0.29) is 22.5 Å². The zero-order valence-electron chi connectivity index (χ0n) is 14.1. The predicted molar refractivity (Wildman–Crippen MR) is 96.6 cm³/mol. The van der Waals surface area contributed by atoms with Crippen LogP contribution in [0.15, 0.2) is 24.8 Å². The van der Waals surface area contributed by atoms with Crippen LogP contribution in [0.25, 0.3) is 0 Å². The molecule has 4 heteroatoms. The van der Waals surface area contributed by atoms with Gasteiger partial charge in [-0.1, -0.05) is 23.7 Å². The Morgan fingerprint density at radius 1 is 1.04 bits per heavy atom. The van der Waals surface area contributed by atoms with Crippen LogP contribution in [0.5, 0.6) is 5.75 Å². The summed E-state index contributed by atoms with van der Waals surface area (Å²) < 4.78 is 14.5. The summed E-state index contributed by atoms with van der Waals surface area (Å²) in [6, 6.07) is 3.45. The van der Waals surface area contributed by atoms with Gasteiger partial charge in [-0.05, 0) is 86.7 Å². The second kappa shape index (κ2) is 7.88. The van der Waals surface area contributed by atoms with Crippen LogP contribution in [0.1, 0.15) is 62.8 Å². The van der Waals surface area contributed by atoms with E-state index >= 15 is 0 Å². The lowest BCUT2D eigenvalue weighted by atomic mass is 9.68. The maximum Gasteiger partial charge on any atom is 0.168 e. The lowest BCUT2D eigenvalue weighted by molar-refractivity contribution is 0.171. The number of halogens is 2. The van der Waals surface area contributed by atoms with Crippen LogP contribution in [-0.4, -0.2) is 0 Å². The smallest absolute Gasteiger partial charge is 0.168 e. The van der Waals surface area contributed by atoms with E-state index in [2.05, 4.69) is 17.5 Å². The molecule has 132 valence electrons. The Balaban J connectivity index is 1.59. The SMILES string of the molecule is C=CC1CCC(C2CCC(c3ccc(ON)c(Cl)c3F)CC2)CC1. The molecule has 2 nitrogen and oxygen atoms in total. The monoisotopic (exact) mass is 351 g/mol. The molecule has 0 radical (unpaired) electrons. The third kappa shape index (κ3) is 3.62. The van der Waals surface area contributed by atoms with E-state index in [0.717, 1.165) is 36.2 Å².